The van der Waals surface area contributed by atoms with Crippen molar-refractivity contribution in [2.75, 3.05) is 18.6 Å². The van der Waals surface area contributed by atoms with Gasteiger partial charge in [0, 0.05) is 37.5 Å². The summed E-state index contributed by atoms with van der Waals surface area (Å²) < 4.78 is 25.2. The second-order valence-electron chi connectivity index (χ2n) is 6.98. The molecule has 1 aromatic heterocycles. The number of nitrogen functional groups attached to an aromatic ring is 1. The molecular formula is C21H22FN3O3. The van der Waals surface area contributed by atoms with Crippen LogP contribution < -0.4 is 16.0 Å². The number of aliphatic hydroxyl groups is 1. The van der Waals surface area contributed by atoms with Crippen molar-refractivity contribution in [1.29, 1.82) is 0 Å². The Morgan fingerprint density at radius 3 is 2.75 bits per heavy atom. The van der Waals surface area contributed by atoms with Crippen LogP contribution in [-0.2, 0) is 16.9 Å². The molecule has 1 aliphatic heterocycles. The maximum Gasteiger partial charge on any atom is 0.140 e. The molecule has 6 nitrogen and oxygen atoms in total. The predicted molar refractivity (Wildman–Crippen MR) is 104 cm³/mol. The SMILES string of the molecule is NNc1ccc2cc(COc3cc(F)cc(C4(O)CCOCC4)c3)ccc2n1. The van der Waals surface area contributed by atoms with Gasteiger partial charge in [-0.15, -0.1) is 0 Å². The highest BCUT2D eigenvalue weighted by molar-refractivity contribution is 5.80. The Morgan fingerprint density at radius 1 is 1.14 bits per heavy atom. The Hall–Kier alpha value is -2.74. The molecule has 0 aliphatic carbocycles. The minimum absolute atomic E-state index is 0.275. The molecule has 0 spiro atoms. The molecule has 2 heterocycles. The molecule has 0 radical (unpaired) electrons. The summed E-state index contributed by atoms with van der Waals surface area (Å²) in [5.74, 6) is 5.93. The van der Waals surface area contributed by atoms with Crippen molar-refractivity contribution in [3.63, 3.8) is 0 Å². The van der Waals surface area contributed by atoms with E-state index in [-0.39, 0.29) is 6.61 Å². The molecule has 0 bridgehead atoms. The summed E-state index contributed by atoms with van der Waals surface area (Å²) in [6, 6.07) is 13.9. The monoisotopic (exact) mass is 383 g/mol. The van der Waals surface area contributed by atoms with Crippen molar-refractivity contribution < 1.29 is 19.0 Å². The van der Waals surface area contributed by atoms with Gasteiger partial charge in [-0.1, -0.05) is 6.07 Å². The third kappa shape index (κ3) is 3.91. The Labute approximate surface area is 162 Å². The smallest absolute Gasteiger partial charge is 0.140 e. The first-order valence-electron chi connectivity index (χ1n) is 9.16. The van der Waals surface area contributed by atoms with E-state index in [0.717, 1.165) is 16.5 Å². The summed E-state index contributed by atoms with van der Waals surface area (Å²) in [5, 5.41) is 11.8. The Kier molecular flexibility index (Phi) is 5.13. The van der Waals surface area contributed by atoms with E-state index in [4.69, 9.17) is 15.3 Å². The Bertz CT molecular complexity index is 990. The Morgan fingerprint density at radius 2 is 1.96 bits per heavy atom. The standard InChI is InChI=1S/C21H22FN3O3/c22-17-10-16(21(26)5-7-27-8-6-21)11-18(12-17)28-13-14-1-3-19-15(9-14)2-4-20(24-19)25-23/h1-4,9-12,26H,5-8,13,23H2,(H,24,25). The number of hydrogen-bond donors (Lipinski definition) is 3. The fraction of sp³-hybridized carbons (Fsp3) is 0.286. The number of aromatic nitrogens is 1. The molecule has 1 saturated heterocycles. The number of fused-ring (bicyclic) bond motifs is 1. The van der Waals surface area contributed by atoms with Gasteiger partial charge in [-0.05, 0) is 47.5 Å². The number of ether oxygens (including phenoxy) is 2. The van der Waals surface area contributed by atoms with Gasteiger partial charge >= 0.3 is 0 Å². The van der Waals surface area contributed by atoms with Gasteiger partial charge in [-0.2, -0.15) is 0 Å². The van der Waals surface area contributed by atoms with E-state index >= 15 is 0 Å². The Balaban J connectivity index is 1.52. The zero-order valence-corrected chi connectivity index (χ0v) is 15.3. The molecule has 1 fully saturated rings. The van der Waals surface area contributed by atoms with Crippen LogP contribution >= 0.6 is 0 Å². The summed E-state index contributed by atoms with van der Waals surface area (Å²) in [7, 11) is 0. The molecule has 146 valence electrons. The van der Waals surface area contributed by atoms with Crippen LogP contribution in [-0.4, -0.2) is 23.3 Å². The molecule has 0 atom stereocenters. The molecule has 4 N–H and O–H groups in total. The normalized spacial score (nSPS) is 16.1. The average Bonchev–Trinajstić information content (AvgIpc) is 2.72. The van der Waals surface area contributed by atoms with Gasteiger partial charge in [-0.25, -0.2) is 15.2 Å². The highest BCUT2D eigenvalue weighted by Gasteiger charge is 2.32. The van der Waals surface area contributed by atoms with Crippen molar-refractivity contribution in [2.45, 2.75) is 25.0 Å². The first-order valence-corrected chi connectivity index (χ1v) is 9.16. The molecule has 2 aromatic carbocycles. The third-order valence-corrected chi connectivity index (χ3v) is 5.04. The molecule has 7 heteroatoms. The van der Waals surface area contributed by atoms with Crippen LogP contribution in [0.25, 0.3) is 10.9 Å². The number of hydrogen-bond acceptors (Lipinski definition) is 6. The number of pyridine rings is 1. The van der Waals surface area contributed by atoms with E-state index in [1.165, 1.54) is 12.1 Å². The predicted octanol–water partition coefficient (Wildman–Crippen LogP) is 3.24. The van der Waals surface area contributed by atoms with Crippen LogP contribution in [0.2, 0.25) is 0 Å². The van der Waals surface area contributed by atoms with Crippen molar-refractivity contribution in [1.82, 2.24) is 4.98 Å². The van der Waals surface area contributed by atoms with Crippen molar-refractivity contribution in [2.24, 2.45) is 5.84 Å². The van der Waals surface area contributed by atoms with Crippen LogP contribution in [0, 0.1) is 5.82 Å². The molecule has 1 aliphatic rings. The summed E-state index contributed by atoms with van der Waals surface area (Å²) >= 11 is 0. The largest absolute Gasteiger partial charge is 0.489 e. The number of nitrogens with two attached hydrogens (primary N) is 1. The first kappa shape index (κ1) is 18.6. The second kappa shape index (κ2) is 7.71. The fourth-order valence-electron chi connectivity index (χ4n) is 3.42. The minimum atomic E-state index is -1.08. The quantitative estimate of drug-likeness (QED) is 0.463. The van der Waals surface area contributed by atoms with Crippen LogP contribution in [0.15, 0.2) is 48.5 Å². The number of anilines is 1. The van der Waals surface area contributed by atoms with Gasteiger partial charge < -0.3 is 20.0 Å². The van der Waals surface area contributed by atoms with E-state index < -0.39 is 11.4 Å². The van der Waals surface area contributed by atoms with Crippen molar-refractivity contribution in [3.05, 3.63) is 65.5 Å². The summed E-state index contributed by atoms with van der Waals surface area (Å²) in [6.45, 7) is 1.18. The van der Waals surface area contributed by atoms with E-state index in [1.807, 2.05) is 24.3 Å². The van der Waals surface area contributed by atoms with Crippen LogP contribution in [0.1, 0.15) is 24.0 Å². The average molecular weight is 383 g/mol. The van der Waals surface area contributed by atoms with E-state index in [0.29, 0.717) is 43.2 Å². The summed E-state index contributed by atoms with van der Waals surface area (Å²) in [6.07, 6.45) is 0.875. The highest BCUT2D eigenvalue weighted by atomic mass is 19.1. The highest BCUT2D eigenvalue weighted by Crippen LogP contribution is 2.34. The molecule has 4 rings (SSSR count). The van der Waals surface area contributed by atoms with Crippen molar-refractivity contribution in [3.8, 4) is 5.75 Å². The topological polar surface area (TPSA) is 89.6 Å². The lowest BCUT2D eigenvalue weighted by Crippen LogP contribution is -2.33. The van der Waals surface area contributed by atoms with Gasteiger partial charge in [0.1, 0.15) is 24.0 Å². The molecule has 0 unspecified atom stereocenters. The maximum atomic E-state index is 14.1. The number of rotatable bonds is 5. The van der Waals surface area contributed by atoms with Gasteiger partial charge in [0.25, 0.3) is 0 Å². The minimum Gasteiger partial charge on any atom is -0.489 e. The molecule has 3 aromatic rings. The van der Waals surface area contributed by atoms with Crippen molar-refractivity contribution >= 4 is 16.7 Å². The molecule has 0 saturated carbocycles. The second-order valence-corrected chi connectivity index (χ2v) is 6.98. The lowest BCUT2D eigenvalue weighted by molar-refractivity contribution is -0.0681. The number of nitrogens with one attached hydrogen (secondary N) is 1. The van der Waals surface area contributed by atoms with E-state index in [1.54, 1.807) is 12.1 Å². The lowest BCUT2D eigenvalue weighted by atomic mass is 9.86. The molecule has 28 heavy (non-hydrogen) atoms. The molecular weight excluding hydrogens is 361 g/mol. The van der Waals surface area contributed by atoms with Gasteiger partial charge in [-0.3, -0.25) is 0 Å². The van der Waals surface area contributed by atoms with Crippen LogP contribution in [0.5, 0.6) is 5.75 Å². The summed E-state index contributed by atoms with van der Waals surface area (Å²) in [4.78, 5) is 4.37. The zero-order valence-electron chi connectivity index (χ0n) is 15.3. The number of nitrogens with zero attached hydrogens (tertiary/aromatic N) is 1. The fourth-order valence-corrected chi connectivity index (χ4v) is 3.42. The maximum absolute atomic E-state index is 14.1. The van der Waals surface area contributed by atoms with Crippen LogP contribution in [0.3, 0.4) is 0 Å². The third-order valence-electron chi connectivity index (χ3n) is 5.04. The van der Waals surface area contributed by atoms with Gasteiger partial charge in [0.2, 0.25) is 0 Å². The van der Waals surface area contributed by atoms with E-state index in [9.17, 15) is 9.50 Å². The number of benzene rings is 2. The van der Waals surface area contributed by atoms with Crippen LogP contribution in [0.4, 0.5) is 10.2 Å². The van der Waals surface area contributed by atoms with Gasteiger partial charge in [0.15, 0.2) is 0 Å². The first-order chi connectivity index (χ1) is 13.6. The lowest BCUT2D eigenvalue weighted by Gasteiger charge is -2.32. The van der Waals surface area contributed by atoms with E-state index in [2.05, 4.69) is 10.4 Å². The molecule has 0 amide bonds. The zero-order chi connectivity index (χ0) is 19.6. The number of hydrazine groups is 1. The summed E-state index contributed by atoms with van der Waals surface area (Å²) in [5.41, 5.74) is 3.71. The van der Waals surface area contributed by atoms with Gasteiger partial charge in [0.05, 0.1) is 11.1 Å². The number of halogens is 1.